The third kappa shape index (κ3) is 5.39. The Balaban J connectivity index is 2.15. The average molecular weight is 335 g/mol. The molecule has 0 radical (unpaired) electrons. The van der Waals surface area contributed by atoms with Crippen molar-refractivity contribution in [1.82, 2.24) is 15.0 Å². The van der Waals surface area contributed by atoms with E-state index in [-0.39, 0.29) is 5.41 Å². The van der Waals surface area contributed by atoms with Crippen LogP contribution in [-0.4, -0.2) is 20.7 Å². The van der Waals surface area contributed by atoms with Gasteiger partial charge in [0.25, 0.3) is 6.08 Å². The van der Waals surface area contributed by atoms with Crippen molar-refractivity contribution in [3.8, 4) is 11.4 Å². The van der Waals surface area contributed by atoms with Crippen LogP contribution in [0.25, 0.3) is 11.4 Å². The molecule has 0 atom stereocenters. The fourth-order valence-electron chi connectivity index (χ4n) is 1.91. The van der Waals surface area contributed by atoms with Gasteiger partial charge >= 0.3 is 0 Å². The molecule has 0 amide bonds. The van der Waals surface area contributed by atoms with Crippen LogP contribution in [0.4, 0.5) is 8.78 Å². The van der Waals surface area contributed by atoms with Crippen LogP contribution in [0.5, 0.6) is 0 Å². The zero-order chi connectivity index (χ0) is 16.9. The van der Waals surface area contributed by atoms with Gasteiger partial charge in [0.15, 0.2) is 5.16 Å². The molecule has 0 aromatic carbocycles. The average Bonchev–Trinajstić information content (AvgIpc) is 2.51. The van der Waals surface area contributed by atoms with Gasteiger partial charge in [0, 0.05) is 18.1 Å². The molecule has 0 N–H and O–H groups in total. The highest BCUT2D eigenvalue weighted by molar-refractivity contribution is 7.99. The summed E-state index contributed by atoms with van der Waals surface area (Å²) in [7, 11) is 0. The minimum atomic E-state index is -1.65. The second-order valence-electron chi connectivity index (χ2n) is 6.04. The van der Waals surface area contributed by atoms with E-state index in [1.54, 1.807) is 18.5 Å². The minimum absolute atomic E-state index is 0.0328. The van der Waals surface area contributed by atoms with Crippen molar-refractivity contribution in [1.29, 1.82) is 0 Å². The molecule has 0 aliphatic heterocycles. The summed E-state index contributed by atoms with van der Waals surface area (Å²) < 4.78 is 24.0. The summed E-state index contributed by atoms with van der Waals surface area (Å²) in [6.07, 6.45) is 2.99. The van der Waals surface area contributed by atoms with Crippen molar-refractivity contribution < 1.29 is 8.78 Å². The van der Waals surface area contributed by atoms with Gasteiger partial charge < -0.3 is 0 Å². The topological polar surface area (TPSA) is 38.7 Å². The van der Waals surface area contributed by atoms with E-state index in [1.165, 1.54) is 17.3 Å². The quantitative estimate of drug-likeness (QED) is 0.433. The Kier molecular flexibility index (Phi) is 5.82. The van der Waals surface area contributed by atoms with Crippen molar-refractivity contribution in [2.24, 2.45) is 0 Å². The van der Waals surface area contributed by atoms with Crippen LogP contribution in [0.1, 0.15) is 32.8 Å². The molecule has 0 bridgehead atoms. The number of halogens is 2. The summed E-state index contributed by atoms with van der Waals surface area (Å²) in [5.74, 6) is 0.510. The van der Waals surface area contributed by atoms with Gasteiger partial charge in [0.1, 0.15) is 0 Å². The van der Waals surface area contributed by atoms with Crippen molar-refractivity contribution in [2.75, 3.05) is 5.75 Å². The summed E-state index contributed by atoms with van der Waals surface area (Å²) >= 11 is 1.35. The summed E-state index contributed by atoms with van der Waals surface area (Å²) in [5.41, 5.74) is 2.74. The van der Waals surface area contributed by atoms with E-state index in [2.05, 4.69) is 35.7 Å². The normalized spacial score (nSPS) is 11.3. The molecule has 2 rings (SSSR count). The van der Waals surface area contributed by atoms with Crippen LogP contribution in [0, 0.1) is 0 Å². The van der Waals surface area contributed by atoms with E-state index in [0.717, 1.165) is 17.5 Å². The highest BCUT2D eigenvalue weighted by atomic mass is 32.2. The Morgan fingerprint density at radius 2 is 1.87 bits per heavy atom. The van der Waals surface area contributed by atoms with Crippen LogP contribution in [0.15, 0.2) is 47.9 Å². The lowest BCUT2D eigenvalue weighted by atomic mass is 9.87. The molecule has 2 aromatic rings. The first-order valence-electron chi connectivity index (χ1n) is 7.30. The SMILES string of the molecule is CC(C)(C)c1ccnc(-c2ccnc(SCCC=C(F)F)n2)c1. The van der Waals surface area contributed by atoms with E-state index in [0.29, 0.717) is 17.3 Å². The molecular formula is C17H19F2N3S. The first-order valence-corrected chi connectivity index (χ1v) is 8.29. The molecule has 2 heterocycles. The zero-order valence-corrected chi connectivity index (χ0v) is 14.2. The third-order valence-corrected chi connectivity index (χ3v) is 4.06. The molecule has 0 aliphatic carbocycles. The van der Waals surface area contributed by atoms with Crippen LogP contribution in [-0.2, 0) is 5.41 Å². The second-order valence-corrected chi connectivity index (χ2v) is 7.10. The van der Waals surface area contributed by atoms with E-state index in [9.17, 15) is 8.78 Å². The highest BCUT2D eigenvalue weighted by Crippen LogP contribution is 2.26. The van der Waals surface area contributed by atoms with Crippen LogP contribution in [0.2, 0.25) is 0 Å². The Morgan fingerprint density at radius 3 is 2.57 bits per heavy atom. The molecule has 23 heavy (non-hydrogen) atoms. The number of aromatic nitrogens is 3. The Morgan fingerprint density at radius 1 is 1.13 bits per heavy atom. The smallest absolute Gasteiger partial charge is 0.255 e. The second kappa shape index (κ2) is 7.64. The minimum Gasteiger partial charge on any atom is -0.255 e. The van der Waals surface area contributed by atoms with Gasteiger partial charge in [-0.1, -0.05) is 32.5 Å². The first-order chi connectivity index (χ1) is 10.9. The Hall–Kier alpha value is -1.82. The number of pyridine rings is 1. The monoisotopic (exact) mass is 335 g/mol. The Labute approximate surface area is 139 Å². The van der Waals surface area contributed by atoms with Crippen LogP contribution in [0.3, 0.4) is 0 Å². The van der Waals surface area contributed by atoms with Gasteiger partial charge in [-0.15, -0.1) is 0 Å². The van der Waals surface area contributed by atoms with Crippen molar-refractivity contribution >= 4 is 11.8 Å². The molecule has 0 saturated heterocycles. The lowest BCUT2D eigenvalue weighted by Gasteiger charge is -2.19. The van der Waals surface area contributed by atoms with Gasteiger partial charge in [0.2, 0.25) is 0 Å². The predicted octanol–water partition coefficient (Wildman–Crippen LogP) is 5.10. The number of hydrogen-bond acceptors (Lipinski definition) is 4. The molecular weight excluding hydrogens is 316 g/mol. The number of rotatable bonds is 5. The van der Waals surface area contributed by atoms with Gasteiger partial charge in [0.05, 0.1) is 11.4 Å². The van der Waals surface area contributed by atoms with E-state index in [1.807, 2.05) is 12.1 Å². The van der Waals surface area contributed by atoms with Crippen molar-refractivity contribution in [2.45, 2.75) is 37.8 Å². The summed E-state index contributed by atoms with van der Waals surface area (Å²) in [6, 6.07) is 5.83. The summed E-state index contributed by atoms with van der Waals surface area (Å²) in [4.78, 5) is 13.0. The van der Waals surface area contributed by atoms with E-state index in [4.69, 9.17) is 0 Å². The van der Waals surface area contributed by atoms with Crippen molar-refractivity contribution in [3.05, 3.63) is 48.3 Å². The largest absolute Gasteiger partial charge is 0.266 e. The standard InChI is InChI=1S/C17H19F2N3S/c1-17(2,3)12-6-8-20-14(11-12)13-7-9-21-16(22-13)23-10-4-5-15(18)19/h5-9,11H,4,10H2,1-3H3. The Bertz CT molecular complexity index is 692. The lowest BCUT2D eigenvalue weighted by molar-refractivity contribution is 0.418. The molecule has 0 spiro atoms. The molecule has 3 nitrogen and oxygen atoms in total. The number of thioether (sulfide) groups is 1. The number of allylic oxidation sites excluding steroid dienone is 1. The van der Waals surface area contributed by atoms with E-state index >= 15 is 0 Å². The fraction of sp³-hybridized carbons (Fsp3) is 0.353. The van der Waals surface area contributed by atoms with Gasteiger partial charge in [-0.2, -0.15) is 8.78 Å². The van der Waals surface area contributed by atoms with Crippen LogP contribution >= 0.6 is 11.8 Å². The number of nitrogens with zero attached hydrogens (tertiary/aromatic N) is 3. The maximum absolute atomic E-state index is 12.0. The fourth-order valence-corrected chi connectivity index (χ4v) is 2.62. The molecule has 0 saturated carbocycles. The summed E-state index contributed by atoms with van der Waals surface area (Å²) in [6.45, 7) is 6.43. The van der Waals surface area contributed by atoms with Gasteiger partial charge in [-0.25, -0.2) is 9.97 Å². The van der Waals surface area contributed by atoms with Gasteiger partial charge in [-0.05, 0) is 41.7 Å². The zero-order valence-electron chi connectivity index (χ0n) is 13.4. The number of hydrogen-bond donors (Lipinski definition) is 0. The van der Waals surface area contributed by atoms with E-state index < -0.39 is 6.08 Å². The third-order valence-electron chi connectivity index (χ3n) is 3.17. The highest BCUT2D eigenvalue weighted by Gasteiger charge is 2.15. The predicted molar refractivity (Wildman–Crippen MR) is 89.6 cm³/mol. The lowest BCUT2D eigenvalue weighted by Crippen LogP contribution is -2.11. The molecule has 2 aromatic heterocycles. The van der Waals surface area contributed by atoms with Gasteiger partial charge in [-0.3, -0.25) is 4.98 Å². The molecule has 0 fully saturated rings. The maximum atomic E-state index is 12.0. The maximum Gasteiger partial charge on any atom is 0.266 e. The summed E-state index contributed by atoms with van der Waals surface area (Å²) in [5, 5.41) is 0.568. The van der Waals surface area contributed by atoms with Crippen LogP contribution < -0.4 is 0 Å². The van der Waals surface area contributed by atoms with Crippen molar-refractivity contribution in [3.63, 3.8) is 0 Å². The first kappa shape index (κ1) is 17.5. The molecule has 122 valence electrons. The molecule has 0 unspecified atom stereocenters. The molecule has 0 aliphatic rings. The molecule has 6 heteroatoms.